The van der Waals surface area contributed by atoms with E-state index >= 15 is 0 Å². The Hall–Kier alpha value is -1.92. The average molecular weight is 287 g/mol. The Kier molecular flexibility index (Phi) is 2.33. The van der Waals surface area contributed by atoms with Crippen LogP contribution < -0.4 is 4.74 Å². The van der Waals surface area contributed by atoms with Gasteiger partial charge in [0.15, 0.2) is 0 Å². The number of ether oxygens (including phenoxy) is 1. The van der Waals surface area contributed by atoms with Crippen LogP contribution in [0, 0.1) is 0 Å². The Bertz CT molecular complexity index is 843. The molecule has 0 radical (unpaired) electrons. The molecule has 6 heteroatoms. The average Bonchev–Trinajstić information content (AvgIpc) is 3.10. The minimum atomic E-state index is 0.627. The van der Waals surface area contributed by atoms with Crippen molar-refractivity contribution in [3.63, 3.8) is 0 Å². The van der Waals surface area contributed by atoms with Crippen LogP contribution in [-0.4, -0.2) is 21.7 Å². The van der Waals surface area contributed by atoms with Crippen molar-refractivity contribution in [3.8, 4) is 16.5 Å². The first-order valence-electron chi connectivity index (χ1n) is 5.71. The van der Waals surface area contributed by atoms with Crippen LogP contribution in [0.5, 0.6) is 5.19 Å². The van der Waals surface area contributed by atoms with Crippen LogP contribution in [0.25, 0.3) is 26.3 Å². The number of benzene rings is 1. The van der Waals surface area contributed by atoms with Gasteiger partial charge in [-0.05, 0) is 40.3 Å². The highest BCUT2D eigenvalue weighted by atomic mass is 32.1. The fourth-order valence-electron chi connectivity index (χ4n) is 2.03. The van der Waals surface area contributed by atoms with Gasteiger partial charge in [0.1, 0.15) is 0 Å². The molecular weight excluding hydrogens is 278 g/mol. The molecule has 0 fully saturated rings. The molecule has 4 nitrogen and oxygen atoms in total. The zero-order valence-electron chi connectivity index (χ0n) is 10.0. The molecule has 0 aliphatic carbocycles. The summed E-state index contributed by atoms with van der Waals surface area (Å²) in [5, 5.41) is 8.27. The van der Waals surface area contributed by atoms with Crippen LogP contribution in [0.15, 0.2) is 35.8 Å². The van der Waals surface area contributed by atoms with E-state index in [9.17, 15) is 0 Å². The van der Waals surface area contributed by atoms with Gasteiger partial charge in [0, 0.05) is 10.3 Å². The van der Waals surface area contributed by atoms with Crippen molar-refractivity contribution in [2.45, 2.75) is 0 Å². The zero-order valence-corrected chi connectivity index (χ0v) is 11.7. The van der Waals surface area contributed by atoms with Crippen LogP contribution in [0.3, 0.4) is 0 Å². The van der Waals surface area contributed by atoms with Gasteiger partial charge in [-0.15, -0.1) is 16.4 Å². The van der Waals surface area contributed by atoms with Gasteiger partial charge in [-0.2, -0.15) is 0 Å². The maximum Gasteiger partial charge on any atom is 0.294 e. The number of fused-ring (bicyclic) bond motifs is 2. The van der Waals surface area contributed by atoms with E-state index in [0.717, 1.165) is 16.2 Å². The molecule has 3 heterocycles. The molecule has 3 aromatic heterocycles. The molecule has 0 aliphatic heterocycles. The Balaban J connectivity index is 1.85. The monoisotopic (exact) mass is 287 g/mol. The molecule has 0 unspecified atom stereocenters. The summed E-state index contributed by atoms with van der Waals surface area (Å²) in [6.45, 7) is 0. The van der Waals surface area contributed by atoms with E-state index in [1.54, 1.807) is 23.0 Å². The van der Waals surface area contributed by atoms with E-state index in [0.29, 0.717) is 5.19 Å². The highest BCUT2D eigenvalue weighted by Crippen LogP contribution is 2.29. The van der Waals surface area contributed by atoms with Crippen molar-refractivity contribution in [3.05, 3.63) is 35.8 Å². The van der Waals surface area contributed by atoms with E-state index in [4.69, 9.17) is 4.74 Å². The quantitative estimate of drug-likeness (QED) is 0.564. The van der Waals surface area contributed by atoms with Gasteiger partial charge in [0.2, 0.25) is 4.96 Å². The van der Waals surface area contributed by atoms with Crippen LogP contribution in [0.1, 0.15) is 0 Å². The molecule has 0 amide bonds. The molecule has 0 aliphatic rings. The van der Waals surface area contributed by atoms with Crippen molar-refractivity contribution in [1.29, 1.82) is 0 Å². The lowest BCUT2D eigenvalue weighted by Gasteiger charge is -1.96. The van der Waals surface area contributed by atoms with E-state index in [2.05, 4.69) is 39.7 Å². The van der Waals surface area contributed by atoms with E-state index in [-0.39, 0.29) is 0 Å². The standard InChI is InChI=1S/C13H9N3OS2/c1-17-13-15-16-7-10(14-12(16)19-13)8-2-3-11-9(6-8)4-5-18-11/h2-7H,1H3. The third-order valence-corrected chi connectivity index (χ3v) is 4.73. The molecule has 4 rings (SSSR count). The summed E-state index contributed by atoms with van der Waals surface area (Å²) in [5.41, 5.74) is 2.05. The summed E-state index contributed by atoms with van der Waals surface area (Å²) in [6.07, 6.45) is 1.93. The second-order valence-electron chi connectivity index (χ2n) is 4.10. The van der Waals surface area contributed by atoms with Crippen molar-refractivity contribution >= 4 is 37.7 Å². The summed E-state index contributed by atoms with van der Waals surface area (Å²) >= 11 is 3.19. The lowest BCUT2D eigenvalue weighted by atomic mass is 10.1. The van der Waals surface area contributed by atoms with Crippen LogP contribution >= 0.6 is 22.7 Å². The largest absolute Gasteiger partial charge is 0.472 e. The molecule has 0 saturated carbocycles. The number of hydrogen-bond donors (Lipinski definition) is 0. The smallest absolute Gasteiger partial charge is 0.294 e. The Labute approximate surface area is 116 Å². The van der Waals surface area contributed by atoms with Crippen LogP contribution in [0.2, 0.25) is 0 Å². The molecule has 0 saturated heterocycles. The zero-order chi connectivity index (χ0) is 12.8. The fraction of sp³-hybridized carbons (Fsp3) is 0.0769. The fourth-order valence-corrected chi connectivity index (χ4v) is 3.50. The summed E-state index contributed by atoms with van der Waals surface area (Å²) in [5.74, 6) is 0. The number of rotatable bonds is 2. The van der Waals surface area contributed by atoms with E-state index in [1.165, 1.54) is 21.4 Å². The van der Waals surface area contributed by atoms with Crippen molar-refractivity contribution in [2.24, 2.45) is 0 Å². The Morgan fingerprint density at radius 2 is 2.21 bits per heavy atom. The summed E-state index contributed by atoms with van der Waals surface area (Å²) < 4.78 is 8.15. The third-order valence-electron chi connectivity index (χ3n) is 2.95. The summed E-state index contributed by atoms with van der Waals surface area (Å²) in [6, 6.07) is 8.53. The first-order chi connectivity index (χ1) is 9.33. The van der Waals surface area contributed by atoms with Gasteiger partial charge >= 0.3 is 0 Å². The number of thiophene rings is 1. The second kappa shape index (κ2) is 4.04. The van der Waals surface area contributed by atoms with Crippen LogP contribution in [-0.2, 0) is 0 Å². The third kappa shape index (κ3) is 1.72. The number of aromatic nitrogens is 3. The van der Waals surface area contributed by atoms with Crippen LogP contribution in [0.4, 0.5) is 0 Å². The van der Waals surface area contributed by atoms with Crippen molar-refractivity contribution < 1.29 is 4.74 Å². The molecule has 94 valence electrons. The minimum Gasteiger partial charge on any atom is -0.472 e. The van der Waals surface area contributed by atoms with Crippen molar-refractivity contribution in [1.82, 2.24) is 14.6 Å². The minimum absolute atomic E-state index is 0.627. The Morgan fingerprint density at radius 1 is 1.26 bits per heavy atom. The van der Waals surface area contributed by atoms with Gasteiger partial charge < -0.3 is 4.74 Å². The lowest BCUT2D eigenvalue weighted by molar-refractivity contribution is 0.405. The van der Waals surface area contributed by atoms with Gasteiger partial charge in [-0.3, -0.25) is 0 Å². The van der Waals surface area contributed by atoms with Gasteiger partial charge in [0.05, 0.1) is 19.0 Å². The lowest BCUT2D eigenvalue weighted by Crippen LogP contribution is -1.84. The Morgan fingerprint density at radius 3 is 3.05 bits per heavy atom. The predicted octanol–water partition coefficient (Wildman–Crippen LogP) is 3.68. The van der Waals surface area contributed by atoms with Gasteiger partial charge in [-0.1, -0.05) is 6.07 Å². The predicted molar refractivity (Wildman–Crippen MR) is 78.2 cm³/mol. The maximum absolute atomic E-state index is 5.10. The highest BCUT2D eigenvalue weighted by Gasteiger charge is 2.10. The number of nitrogens with zero attached hydrogens (tertiary/aromatic N) is 3. The van der Waals surface area contributed by atoms with Gasteiger partial charge in [0.25, 0.3) is 5.19 Å². The molecule has 0 bridgehead atoms. The summed E-state index contributed by atoms with van der Waals surface area (Å²) in [4.78, 5) is 5.43. The van der Waals surface area contributed by atoms with Gasteiger partial charge in [-0.25, -0.2) is 9.50 Å². The molecular formula is C13H9N3OS2. The number of methoxy groups -OCH3 is 1. The topological polar surface area (TPSA) is 39.4 Å². The van der Waals surface area contributed by atoms with E-state index < -0.39 is 0 Å². The highest BCUT2D eigenvalue weighted by molar-refractivity contribution is 7.18. The molecule has 0 spiro atoms. The number of imidazole rings is 1. The molecule has 0 N–H and O–H groups in total. The SMILES string of the molecule is COc1nn2cc(-c3ccc4sccc4c3)nc2s1. The molecule has 19 heavy (non-hydrogen) atoms. The number of hydrogen-bond acceptors (Lipinski definition) is 5. The first kappa shape index (κ1) is 11.0. The first-order valence-corrected chi connectivity index (χ1v) is 7.41. The second-order valence-corrected chi connectivity index (χ2v) is 5.96. The normalized spacial score (nSPS) is 11.4. The van der Waals surface area contributed by atoms with Crippen molar-refractivity contribution in [2.75, 3.05) is 7.11 Å². The maximum atomic E-state index is 5.10. The van der Waals surface area contributed by atoms with E-state index in [1.807, 2.05) is 6.20 Å². The summed E-state index contributed by atoms with van der Waals surface area (Å²) in [7, 11) is 1.61. The molecule has 0 atom stereocenters. The molecule has 4 aromatic rings. The molecule has 1 aromatic carbocycles.